The van der Waals surface area contributed by atoms with E-state index in [9.17, 15) is 62.3 Å². The SMILES string of the molecule is CSCC[C@H](NC(=O)[C@H](CC(C)C)NC(=O)CNC(=O)[C@H](Cc1ccccc1)NC(=O)[C@H](Cc1ccccc1)NC(=O)[C@H](CCC(N)=O)NC(=O)[C@@H](CCC(N)=O)NC(=O)[C@@H]1CCCN1C(=O)[C@H](CCCCN)NC(=O)[C@@H]1CCCN1C(=O)[C@H](N)CCCN=C(N)N)C(N)=O. The van der Waals surface area contributed by atoms with E-state index in [2.05, 4.69) is 47.5 Å². The first-order valence-electron chi connectivity index (χ1n) is 32.2. The van der Waals surface area contributed by atoms with Crippen LogP contribution < -0.4 is 82.7 Å². The van der Waals surface area contributed by atoms with E-state index in [0.29, 0.717) is 55.4 Å². The van der Waals surface area contributed by atoms with Gasteiger partial charge < -0.3 is 92.5 Å². The predicted molar refractivity (Wildman–Crippen MR) is 356 cm³/mol. The molecule has 31 nitrogen and oxygen atoms in total. The second-order valence-corrected chi connectivity index (χ2v) is 25.1. The molecule has 2 aromatic carbocycles. The summed E-state index contributed by atoms with van der Waals surface area (Å²) in [6, 6.07) is 4.51. The van der Waals surface area contributed by atoms with Gasteiger partial charge in [0.2, 0.25) is 76.8 Å². The van der Waals surface area contributed by atoms with Gasteiger partial charge in [0.1, 0.15) is 54.4 Å². The zero-order valence-electron chi connectivity index (χ0n) is 54.5. The first-order chi connectivity index (χ1) is 45.2. The molecule has 22 N–H and O–H groups in total. The number of primary amides is 3. The molecule has 2 saturated heterocycles. The third kappa shape index (κ3) is 27.5. The number of amides is 13. The van der Waals surface area contributed by atoms with Crippen LogP contribution in [0.1, 0.15) is 121 Å². The zero-order valence-corrected chi connectivity index (χ0v) is 55.3. The number of nitrogens with one attached hydrogen (secondary N) is 8. The fraction of sp³-hybridized carbons (Fsp3) is 0.587. The molecule has 524 valence electrons. The summed E-state index contributed by atoms with van der Waals surface area (Å²) in [6.45, 7) is 3.86. The Hall–Kier alpha value is -8.91. The Balaban J connectivity index is 1.56. The second kappa shape index (κ2) is 41.0. The topological polar surface area (TPSA) is 519 Å². The van der Waals surface area contributed by atoms with E-state index in [-0.39, 0.29) is 83.0 Å². The largest absolute Gasteiger partial charge is 0.370 e. The van der Waals surface area contributed by atoms with Gasteiger partial charge in [-0.2, -0.15) is 11.8 Å². The van der Waals surface area contributed by atoms with Crippen LogP contribution in [-0.2, 0) is 75.2 Å². The number of benzene rings is 2. The van der Waals surface area contributed by atoms with Crippen molar-refractivity contribution >= 4 is 94.5 Å². The van der Waals surface area contributed by atoms with E-state index in [1.165, 1.54) is 21.6 Å². The molecule has 0 unspecified atom stereocenters. The number of aliphatic imine (C=N–C) groups is 1. The molecule has 2 heterocycles. The first-order valence-corrected chi connectivity index (χ1v) is 33.6. The fourth-order valence-corrected chi connectivity index (χ4v) is 11.5. The van der Waals surface area contributed by atoms with Crippen molar-refractivity contribution in [1.29, 1.82) is 0 Å². The number of guanidine groups is 1. The first kappa shape index (κ1) is 78.5. The number of hydrogen-bond donors (Lipinski definition) is 15. The molecule has 2 fully saturated rings. The molecule has 32 heteroatoms. The molecule has 2 aliphatic heterocycles. The van der Waals surface area contributed by atoms with Crippen LogP contribution in [-0.4, -0.2) is 198 Å². The zero-order chi connectivity index (χ0) is 70.1. The number of likely N-dealkylation sites (tertiary alicyclic amines) is 2. The summed E-state index contributed by atoms with van der Waals surface area (Å²) in [6.07, 6.45) is 3.12. The minimum absolute atomic E-state index is 0.0736. The third-order valence-electron chi connectivity index (χ3n) is 16.0. The molecule has 0 bridgehead atoms. The molecule has 2 aliphatic rings. The molecule has 13 amide bonds. The Morgan fingerprint density at radius 2 is 1.01 bits per heavy atom. The molecule has 0 aliphatic carbocycles. The highest BCUT2D eigenvalue weighted by atomic mass is 32.2. The maximum Gasteiger partial charge on any atom is 0.245 e. The van der Waals surface area contributed by atoms with Crippen LogP contribution >= 0.6 is 11.8 Å². The van der Waals surface area contributed by atoms with E-state index in [1.54, 1.807) is 60.7 Å². The summed E-state index contributed by atoms with van der Waals surface area (Å²) in [4.78, 5) is 185. The molecule has 0 radical (unpaired) electrons. The van der Waals surface area contributed by atoms with Crippen LogP contribution in [0.4, 0.5) is 0 Å². The highest BCUT2D eigenvalue weighted by Crippen LogP contribution is 2.24. The minimum Gasteiger partial charge on any atom is -0.370 e. The van der Waals surface area contributed by atoms with E-state index in [0.717, 1.165) is 0 Å². The Morgan fingerprint density at radius 1 is 0.537 bits per heavy atom. The smallest absolute Gasteiger partial charge is 0.245 e. The van der Waals surface area contributed by atoms with Crippen LogP contribution in [0.3, 0.4) is 0 Å². The lowest BCUT2D eigenvalue weighted by Crippen LogP contribution is -2.60. The van der Waals surface area contributed by atoms with Crippen molar-refractivity contribution in [2.75, 3.05) is 44.7 Å². The van der Waals surface area contributed by atoms with Gasteiger partial charge in [-0.3, -0.25) is 67.3 Å². The van der Waals surface area contributed by atoms with Gasteiger partial charge >= 0.3 is 0 Å². The van der Waals surface area contributed by atoms with Gasteiger partial charge in [-0.15, -0.1) is 0 Å². The number of carbonyl (C=O) groups is 13. The Labute approximate surface area is 558 Å². The number of hydrogen-bond acceptors (Lipinski definition) is 17. The van der Waals surface area contributed by atoms with Gasteiger partial charge in [0.15, 0.2) is 5.96 Å². The van der Waals surface area contributed by atoms with E-state index in [4.69, 9.17) is 40.1 Å². The van der Waals surface area contributed by atoms with Crippen LogP contribution in [0.2, 0.25) is 0 Å². The summed E-state index contributed by atoms with van der Waals surface area (Å²) < 4.78 is 0. The average molecular weight is 1350 g/mol. The third-order valence-corrected chi connectivity index (χ3v) is 16.7. The van der Waals surface area contributed by atoms with Crippen molar-refractivity contribution in [2.45, 2.75) is 183 Å². The van der Waals surface area contributed by atoms with Crippen molar-refractivity contribution in [3.8, 4) is 0 Å². The Morgan fingerprint density at radius 3 is 1.51 bits per heavy atom. The molecule has 0 spiro atoms. The number of thioether (sulfide) groups is 1. The molecule has 0 aromatic heterocycles. The minimum atomic E-state index is -1.64. The predicted octanol–water partition coefficient (Wildman–Crippen LogP) is -3.71. The quantitative estimate of drug-likeness (QED) is 0.0173. The molecule has 0 saturated carbocycles. The van der Waals surface area contributed by atoms with Crippen molar-refractivity contribution in [2.24, 2.45) is 51.0 Å². The normalized spacial score (nSPS) is 16.8. The second-order valence-electron chi connectivity index (χ2n) is 24.1. The van der Waals surface area contributed by atoms with Gasteiger partial charge in [-0.1, -0.05) is 74.5 Å². The lowest BCUT2D eigenvalue weighted by molar-refractivity contribution is -0.144. The lowest BCUT2D eigenvalue weighted by atomic mass is 10.0. The van der Waals surface area contributed by atoms with Crippen LogP contribution in [0, 0.1) is 5.92 Å². The number of rotatable bonds is 42. The summed E-state index contributed by atoms with van der Waals surface area (Å²) >= 11 is 1.45. The number of unbranched alkanes of at least 4 members (excludes halogenated alkanes) is 1. The van der Waals surface area contributed by atoms with E-state index in [1.807, 2.05) is 20.1 Å². The van der Waals surface area contributed by atoms with Gasteiger partial charge in [-0.25, -0.2) is 0 Å². The van der Waals surface area contributed by atoms with Crippen molar-refractivity contribution in [3.05, 3.63) is 71.8 Å². The van der Waals surface area contributed by atoms with E-state index < -0.39 is 169 Å². The van der Waals surface area contributed by atoms with Crippen molar-refractivity contribution in [1.82, 2.24) is 52.3 Å². The molecular weight excluding hydrogens is 1250 g/mol. The monoisotopic (exact) mass is 1350 g/mol. The summed E-state index contributed by atoms with van der Waals surface area (Å²) in [5.41, 5.74) is 40.6. The van der Waals surface area contributed by atoms with Crippen LogP contribution in [0.15, 0.2) is 65.7 Å². The number of nitrogens with zero attached hydrogens (tertiary/aromatic N) is 3. The van der Waals surface area contributed by atoms with Gasteiger partial charge in [0.25, 0.3) is 0 Å². The number of nitrogens with two attached hydrogens (primary N) is 7. The van der Waals surface area contributed by atoms with Gasteiger partial charge in [0.05, 0.1) is 12.6 Å². The maximum absolute atomic E-state index is 14.7. The Kier molecular flexibility index (Phi) is 33.9. The highest BCUT2D eigenvalue weighted by molar-refractivity contribution is 7.98. The maximum atomic E-state index is 14.7. The Bertz CT molecular complexity index is 2960. The number of carbonyl (C=O) groups excluding carboxylic acids is 13. The standard InChI is InChI=1S/C63H98N18O13S/c1-37(2)33-45(57(89)74-41(53(68)85)27-32-95-3)73-52(84)36-72-54(86)46(34-38-15-6-4-7-16-38)78-58(90)47(35-39-17-8-5-9-18-39)79-56(88)42(23-25-50(66)82)75-55(87)43(24-26-51(67)83)76-59(91)49-22-14-31-81(49)62(94)44(20-10-11-28-64)77-60(92)48-21-13-30-80(48)61(93)40(65)19-12-29-71-63(69)70/h4-9,15-18,37,40-49H,10-14,19-36,64-65H2,1-3H3,(H2,66,82)(H2,67,83)(H2,68,85)(H,72,86)(H,73,84)(H,74,89)(H,75,87)(H,76,91)(H,77,92)(H,78,90)(H,79,88)(H4,69,70,71)/t40-,41+,42+,43-,44+,45+,46+,47+,48+,49+/m1/s1. The van der Waals surface area contributed by atoms with Gasteiger partial charge in [-0.05, 0) is 119 Å². The van der Waals surface area contributed by atoms with E-state index >= 15 is 0 Å². The van der Waals surface area contributed by atoms with Crippen molar-refractivity contribution < 1.29 is 62.3 Å². The molecule has 10 atom stereocenters. The summed E-state index contributed by atoms with van der Waals surface area (Å²) in [5.74, 6) is -9.80. The highest BCUT2D eigenvalue weighted by Gasteiger charge is 2.42. The molecule has 4 rings (SSSR count). The summed E-state index contributed by atoms with van der Waals surface area (Å²) in [5, 5.41) is 21.1. The fourth-order valence-electron chi connectivity index (χ4n) is 11.0. The average Bonchev–Trinajstić information content (AvgIpc) is 1.74. The molecule has 2 aromatic rings. The van der Waals surface area contributed by atoms with Crippen LogP contribution in [0.25, 0.3) is 0 Å². The molecule has 95 heavy (non-hydrogen) atoms. The van der Waals surface area contributed by atoms with Gasteiger partial charge in [0, 0.05) is 45.3 Å². The molecular formula is C63H98N18O13S. The van der Waals surface area contributed by atoms with Crippen molar-refractivity contribution in [3.63, 3.8) is 0 Å². The van der Waals surface area contributed by atoms with Crippen LogP contribution in [0.5, 0.6) is 0 Å². The summed E-state index contributed by atoms with van der Waals surface area (Å²) in [7, 11) is 0. The lowest BCUT2D eigenvalue weighted by Gasteiger charge is -2.32.